The van der Waals surface area contributed by atoms with E-state index >= 15 is 0 Å². The zero-order valence-electron chi connectivity index (χ0n) is 15.3. The van der Waals surface area contributed by atoms with Gasteiger partial charge in [-0.15, -0.1) is 0 Å². The molecule has 0 spiro atoms. The van der Waals surface area contributed by atoms with Gasteiger partial charge < -0.3 is 14.8 Å². The summed E-state index contributed by atoms with van der Waals surface area (Å²) >= 11 is 0. The number of nitrogens with zero attached hydrogens (tertiary/aromatic N) is 3. The largest absolute Gasteiger partial charge is 0.358 e. The number of benzene rings is 1. The van der Waals surface area contributed by atoms with Gasteiger partial charge in [0, 0.05) is 55.4 Å². The summed E-state index contributed by atoms with van der Waals surface area (Å²) in [6, 6.07) is 7.73. The lowest BCUT2D eigenvalue weighted by Crippen LogP contribution is -2.43. The molecule has 0 amide bonds. The van der Waals surface area contributed by atoms with Crippen LogP contribution in [0.2, 0.25) is 0 Å². The van der Waals surface area contributed by atoms with Crippen molar-refractivity contribution in [2.75, 3.05) is 47.3 Å². The fraction of sp³-hybridized carbons (Fsp3) is 0.600. The highest BCUT2D eigenvalue weighted by Gasteiger charge is 2.24. The number of aromatic amines is 1. The number of aromatic nitrogens is 1. The highest BCUT2D eigenvalue weighted by atomic mass is 15.2. The quantitative estimate of drug-likeness (QED) is 0.937. The van der Waals surface area contributed by atoms with E-state index in [0.717, 1.165) is 6.54 Å². The number of H-pyrrole nitrogens is 1. The smallest absolute Gasteiger partial charge is 0.0459 e. The Morgan fingerprint density at radius 1 is 1.17 bits per heavy atom. The van der Waals surface area contributed by atoms with Crippen molar-refractivity contribution in [2.24, 2.45) is 0 Å². The number of hydrogen-bond acceptors (Lipinski definition) is 3. The average Bonchev–Trinajstić information content (AvgIpc) is 2.94. The van der Waals surface area contributed by atoms with Crippen molar-refractivity contribution in [1.29, 1.82) is 0 Å². The molecule has 1 aromatic heterocycles. The van der Waals surface area contributed by atoms with Crippen molar-refractivity contribution in [3.8, 4) is 0 Å². The number of hydrogen-bond donors (Lipinski definition) is 1. The van der Waals surface area contributed by atoms with E-state index in [2.05, 4.69) is 59.0 Å². The minimum absolute atomic E-state index is 0.679. The van der Waals surface area contributed by atoms with Crippen molar-refractivity contribution < 1.29 is 0 Å². The summed E-state index contributed by atoms with van der Waals surface area (Å²) in [5.74, 6) is 0. The van der Waals surface area contributed by atoms with Crippen molar-refractivity contribution >= 4 is 10.9 Å². The molecule has 1 aliphatic carbocycles. The third-order valence-corrected chi connectivity index (χ3v) is 5.96. The number of likely N-dealkylation sites (N-methyl/N-ethyl adjacent to an activating group) is 2. The van der Waals surface area contributed by atoms with Crippen LogP contribution in [0.3, 0.4) is 0 Å². The van der Waals surface area contributed by atoms with Gasteiger partial charge in [-0.25, -0.2) is 0 Å². The zero-order valence-corrected chi connectivity index (χ0v) is 15.3. The summed E-state index contributed by atoms with van der Waals surface area (Å²) in [5.41, 5.74) is 5.82. The Labute approximate surface area is 145 Å². The number of aryl methyl sites for hydroxylation is 1. The minimum Gasteiger partial charge on any atom is -0.358 e. The molecule has 2 heterocycles. The van der Waals surface area contributed by atoms with E-state index in [9.17, 15) is 0 Å². The van der Waals surface area contributed by atoms with Crippen LogP contribution in [-0.4, -0.2) is 73.0 Å². The normalized spacial score (nSPS) is 23.1. The molecule has 0 radical (unpaired) electrons. The first-order valence-corrected chi connectivity index (χ1v) is 9.30. The van der Waals surface area contributed by atoms with Crippen LogP contribution in [0.5, 0.6) is 0 Å². The molecule has 4 heteroatoms. The van der Waals surface area contributed by atoms with Gasteiger partial charge in [0.2, 0.25) is 0 Å². The van der Waals surface area contributed by atoms with Gasteiger partial charge in [0.25, 0.3) is 0 Å². The number of rotatable bonds is 3. The summed E-state index contributed by atoms with van der Waals surface area (Å²) in [4.78, 5) is 11.1. The van der Waals surface area contributed by atoms with Gasteiger partial charge in [-0.1, -0.05) is 6.07 Å². The summed E-state index contributed by atoms with van der Waals surface area (Å²) in [6.45, 7) is 5.82. The second-order valence-electron chi connectivity index (χ2n) is 7.90. The van der Waals surface area contributed by atoms with Crippen LogP contribution >= 0.6 is 0 Å². The lowest BCUT2D eigenvalue weighted by Gasteiger charge is -2.32. The Morgan fingerprint density at radius 2 is 1.96 bits per heavy atom. The summed E-state index contributed by atoms with van der Waals surface area (Å²) < 4.78 is 0. The Morgan fingerprint density at radius 3 is 2.71 bits per heavy atom. The van der Waals surface area contributed by atoms with Crippen LogP contribution in [0.1, 0.15) is 23.2 Å². The molecule has 1 fully saturated rings. The molecule has 4 rings (SSSR count). The lowest BCUT2D eigenvalue weighted by atomic mass is 9.90. The van der Waals surface area contributed by atoms with Crippen LogP contribution in [0.4, 0.5) is 0 Å². The molecule has 1 atom stereocenters. The van der Waals surface area contributed by atoms with Crippen LogP contribution in [0.25, 0.3) is 10.9 Å². The number of piperazine rings is 1. The lowest BCUT2D eigenvalue weighted by molar-refractivity contribution is 0.148. The summed E-state index contributed by atoms with van der Waals surface area (Å²) in [7, 11) is 6.64. The second-order valence-corrected chi connectivity index (χ2v) is 7.90. The highest BCUT2D eigenvalue weighted by molar-refractivity contribution is 5.85. The Bertz CT molecular complexity index is 710. The Kier molecular flexibility index (Phi) is 4.37. The minimum atomic E-state index is 0.679. The van der Waals surface area contributed by atoms with Crippen LogP contribution in [-0.2, 0) is 19.4 Å². The van der Waals surface area contributed by atoms with E-state index in [0.29, 0.717) is 6.04 Å². The molecule has 4 nitrogen and oxygen atoms in total. The second kappa shape index (κ2) is 6.51. The van der Waals surface area contributed by atoms with Gasteiger partial charge in [0.1, 0.15) is 0 Å². The van der Waals surface area contributed by atoms with Crippen molar-refractivity contribution in [1.82, 2.24) is 19.7 Å². The maximum Gasteiger partial charge on any atom is 0.0459 e. The predicted molar refractivity (Wildman–Crippen MR) is 101 cm³/mol. The third kappa shape index (κ3) is 3.10. The topological polar surface area (TPSA) is 25.5 Å². The monoisotopic (exact) mass is 326 g/mol. The van der Waals surface area contributed by atoms with E-state index in [1.54, 1.807) is 5.56 Å². The van der Waals surface area contributed by atoms with Gasteiger partial charge in [0.15, 0.2) is 0 Å². The molecular formula is C20H30N4. The molecule has 1 aromatic carbocycles. The standard InChI is InChI=1S/C20H30N4/c1-22(2)16-5-7-20-18(13-16)17-12-15(4-6-19(17)21-20)14-24-10-8-23(3)9-11-24/h4,6,12,16,21H,5,7-11,13-14H2,1-3H3. The number of fused-ring (bicyclic) bond motifs is 3. The molecule has 1 N–H and O–H groups in total. The average molecular weight is 326 g/mol. The van der Waals surface area contributed by atoms with E-state index in [-0.39, 0.29) is 0 Å². The van der Waals surface area contributed by atoms with Crippen LogP contribution in [0, 0.1) is 0 Å². The van der Waals surface area contributed by atoms with E-state index in [1.807, 2.05) is 0 Å². The first-order valence-electron chi connectivity index (χ1n) is 9.30. The maximum absolute atomic E-state index is 3.67. The first-order chi connectivity index (χ1) is 11.6. The predicted octanol–water partition coefficient (Wildman–Crippen LogP) is 2.33. The van der Waals surface area contributed by atoms with E-state index in [1.165, 1.54) is 67.6 Å². The van der Waals surface area contributed by atoms with Gasteiger partial charge >= 0.3 is 0 Å². The third-order valence-electron chi connectivity index (χ3n) is 5.96. The fourth-order valence-corrected chi connectivity index (χ4v) is 4.25. The van der Waals surface area contributed by atoms with Crippen molar-refractivity contribution in [3.63, 3.8) is 0 Å². The maximum atomic E-state index is 3.67. The zero-order chi connectivity index (χ0) is 16.7. The molecule has 0 saturated carbocycles. The molecule has 1 aliphatic heterocycles. The molecule has 2 aromatic rings. The SMILES string of the molecule is CN1CCN(Cc2ccc3[nH]c4c(c3c2)CC(N(C)C)CC4)CC1. The molecule has 1 unspecified atom stereocenters. The van der Waals surface area contributed by atoms with Gasteiger partial charge in [-0.2, -0.15) is 0 Å². The summed E-state index contributed by atoms with van der Waals surface area (Å²) in [5, 5.41) is 1.46. The molecule has 1 saturated heterocycles. The van der Waals surface area contributed by atoms with Crippen molar-refractivity contribution in [2.45, 2.75) is 31.8 Å². The van der Waals surface area contributed by atoms with Gasteiger partial charge in [-0.3, -0.25) is 4.90 Å². The van der Waals surface area contributed by atoms with Crippen LogP contribution in [0.15, 0.2) is 18.2 Å². The fourth-order valence-electron chi connectivity index (χ4n) is 4.25. The van der Waals surface area contributed by atoms with Gasteiger partial charge in [0.05, 0.1) is 0 Å². The van der Waals surface area contributed by atoms with Gasteiger partial charge in [-0.05, 0) is 63.7 Å². The molecular weight excluding hydrogens is 296 g/mol. The van der Waals surface area contributed by atoms with Crippen LogP contribution < -0.4 is 0 Å². The highest BCUT2D eigenvalue weighted by Crippen LogP contribution is 2.31. The Balaban J connectivity index is 1.57. The molecule has 24 heavy (non-hydrogen) atoms. The van der Waals surface area contributed by atoms with E-state index in [4.69, 9.17) is 0 Å². The number of nitrogens with one attached hydrogen (secondary N) is 1. The molecule has 130 valence electrons. The van der Waals surface area contributed by atoms with Crippen molar-refractivity contribution in [3.05, 3.63) is 35.0 Å². The molecule has 2 aliphatic rings. The Hall–Kier alpha value is -1.36. The first kappa shape index (κ1) is 16.1. The van der Waals surface area contributed by atoms with E-state index < -0.39 is 0 Å². The molecule has 0 bridgehead atoms. The summed E-state index contributed by atoms with van der Waals surface area (Å²) in [6.07, 6.45) is 3.63.